The van der Waals surface area contributed by atoms with Crippen LogP contribution < -0.4 is 10.1 Å². The van der Waals surface area contributed by atoms with E-state index in [2.05, 4.69) is 24.1 Å². The fourth-order valence-electron chi connectivity index (χ4n) is 2.27. The number of hydrogen-bond acceptors (Lipinski definition) is 3. The van der Waals surface area contributed by atoms with Crippen LogP contribution in [0.4, 0.5) is 0 Å². The summed E-state index contributed by atoms with van der Waals surface area (Å²) in [7, 11) is 1.62. The Kier molecular flexibility index (Phi) is 9.31. The smallest absolute Gasteiger partial charge is 0.251 e. The van der Waals surface area contributed by atoms with Crippen LogP contribution in [0.25, 0.3) is 0 Å². The predicted molar refractivity (Wildman–Crippen MR) is 91.6 cm³/mol. The van der Waals surface area contributed by atoms with Crippen molar-refractivity contribution in [2.45, 2.75) is 39.5 Å². The third kappa shape index (κ3) is 6.94. The zero-order chi connectivity index (χ0) is 16.2. The Morgan fingerprint density at radius 3 is 2.14 bits per heavy atom. The highest BCUT2D eigenvalue weighted by atomic mass is 16.5. The Bertz CT molecular complexity index is 410. The summed E-state index contributed by atoms with van der Waals surface area (Å²) in [6, 6.07) is 7.20. The van der Waals surface area contributed by atoms with Gasteiger partial charge in [0.05, 0.1) is 7.11 Å². The summed E-state index contributed by atoms with van der Waals surface area (Å²) in [5.74, 6) is 0.746. The molecule has 0 unspecified atom stereocenters. The van der Waals surface area contributed by atoms with Crippen LogP contribution in [0.15, 0.2) is 24.3 Å². The van der Waals surface area contributed by atoms with E-state index in [0.29, 0.717) is 12.1 Å². The normalized spacial score (nSPS) is 10.7. The van der Waals surface area contributed by atoms with Crippen molar-refractivity contribution in [3.05, 3.63) is 29.8 Å². The lowest BCUT2D eigenvalue weighted by Gasteiger charge is -2.22. The number of amides is 1. The number of carbonyl (C=O) groups excluding carboxylic acids is 1. The molecule has 0 saturated carbocycles. The maximum Gasteiger partial charge on any atom is 0.251 e. The summed E-state index contributed by atoms with van der Waals surface area (Å²) in [6.45, 7) is 8.27. The molecule has 0 aromatic heterocycles. The fraction of sp³-hybridized carbons (Fsp3) is 0.611. The molecule has 4 heteroatoms. The van der Waals surface area contributed by atoms with Crippen LogP contribution in [0.3, 0.4) is 0 Å². The third-order valence-corrected chi connectivity index (χ3v) is 3.72. The first-order valence-corrected chi connectivity index (χ1v) is 8.35. The van der Waals surface area contributed by atoms with Gasteiger partial charge in [-0.05, 0) is 50.2 Å². The molecule has 1 N–H and O–H groups in total. The topological polar surface area (TPSA) is 41.6 Å². The Balaban J connectivity index is 2.36. The highest BCUT2D eigenvalue weighted by molar-refractivity contribution is 5.94. The van der Waals surface area contributed by atoms with E-state index < -0.39 is 0 Å². The lowest BCUT2D eigenvalue weighted by Crippen LogP contribution is -2.36. The minimum Gasteiger partial charge on any atom is -0.497 e. The Morgan fingerprint density at radius 1 is 1.05 bits per heavy atom. The standard InChI is InChI=1S/C18H30N2O2/c1-4-6-13-20(14-7-5-2)15-12-19-18(21)16-8-10-17(22-3)11-9-16/h8-11H,4-7,12-15H2,1-3H3,(H,19,21). The van der Waals surface area contributed by atoms with E-state index in [0.717, 1.165) is 25.4 Å². The van der Waals surface area contributed by atoms with E-state index >= 15 is 0 Å². The molecule has 4 nitrogen and oxygen atoms in total. The summed E-state index contributed by atoms with van der Waals surface area (Å²) in [6.07, 6.45) is 4.86. The first kappa shape index (κ1) is 18.5. The van der Waals surface area contributed by atoms with Gasteiger partial charge in [-0.3, -0.25) is 4.79 Å². The highest BCUT2D eigenvalue weighted by Gasteiger charge is 2.07. The fourth-order valence-corrected chi connectivity index (χ4v) is 2.27. The summed E-state index contributed by atoms with van der Waals surface area (Å²) in [5, 5.41) is 3.00. The molecule has 22 heavy (non-hydrogen) atoms. The number of benzene rings is 1. The molecule has 0 heterocycles. The van der Waals surface area contributed by atoms with Crippen molar-refractivity contribution < 1.29 is 9.53 Å². The predicted octanol–water partition coefficient (Wildman–Crippen LogP) is 3.33. The van der Waals surface area contributed by atoms with Gasteiger partial charge in [0.1, 0.15) is 5.75 Å². The van der Waals surface area contributed by atoms with Gasteiger partial charge in [0.15, 0.2) is 0 Å². The first-order chi connectivity index (χ1) is 10.7. The van der Waals surface area contributed by atoms with E-state index in [-0.39, 0.29) is 5.91 Å². The van der Waals surface area contributed by atoms with Crippen LogP contribution in [0.5, 0.6) is 5.75 Å². The van der Waals surface area contributed by atoms with Gasteiger partial charge in [-0.25, -0.2) is 0 Å². The van der Waals surface area contributed by atoms with Gasteiger partial charge in [0.2, 0.25) is 0 Å². The molecule has 0 atom stereocenters. The van der Waals surface area contributed by atoms with Gasteiger partial charge in [0.25, 0.3) is 5.91 Å². The third-order valence-electron chi connectivity index (χ3n) is 3.72. The molecule has 0 saturated heterocycles. The zero-order valence-corrected chi connectivity index (χ0v) is 14.2. The average molecular weight is 306 g/mol. The van der Waals surface area contributed by atoms with Crippen molar-refractivity contribution in [3.8, 4) is 5.75 Å². The molecule has 0 aliphatic carbocycles. The molecular weight excluding hydrogens is 276 g/mol. The molecule has 1 aromatic carbocycles. The lowest BCUT2D eigenvalue weighted by atomic mass is 10.2. The van der Waals surface area contributed by atoms with Gasteiger partial charge >= 0.3 is 0 Å². The van der Waals surface area contributed by atoms with Crippen molar-refractivity contribution in [2.75, 3.05) is 33.3 Å². The number of rotatable bonds is 11. The molecule has 1 amide bonds. The lowest BCUT2D eigenvalue weighted by molar-refractivity contribution is 0.0948. The second kappa shape index (κ2) is 11.1. The van der Waals surface area contributed by atoms with Crippen LogP contribution >= 0.6 is 0 Å². The van der Waals surface area contributed by atoms with Crippen LogP contribution in [0, 0.1) is 0 Å². The first-order valence-electron chi connectivity index (χ1n) is 8.35. The maximum absolute atomic E-state index is 12.1. The second-order valence-electron chi connectivity index (χ2n) is 5.53. The molecule has 0 aliphatic rings. The average Bonchev–Trinajstić information content (AvgIpc) is 2.56. The van der Waals surface area contributed by atoms with Gasteiger partial charge < -0.3 is 15.0 Å². The van der Waals surface area contributed by atoms with Crippen molar-refractivity contribution in [3.63, 3.8) is 0 Å². The van der Waals surface area contributed by atoms with Crippen LogP contribution in [-0.4, -0.2) is 44.1 Å². The zero-order valence-electron chi connectivity index (χ0n) is 14.2. The summed E-state index contributed by atoms with van der Waals surface area (Å²) in [4.78, 5) is 14.5. The molecule has 1 rings (SSSR count). The van der Waals surface area contributed by atoms with Gasteiger partial charge in [-0.15, -0.1) is 0 Å². The molecule has 0 radical (unpaired) electrons. The van der Waals surface area contributed by atoms with Crippen molar-refractivity contribution in [2.24, 2.45) is 0 Å². The van der Waals surface area contributed by atoms with Crippen molar-refractivity contribution >= 4 is 5.91 Å². The van der Waals surface area contributed by atoms with E-state index in [9.17, 15) is 4.79 Å². The Labute approximate surface area is 134 Å². The van der Waals surface area contributed by atoms with Crippen molar-refractivity contribution in [1.82, 2.24) is 10.2 Å². The number of carbonyl (C=O) groups is 1. The summed E-state index contributed by atoms with van der Waals surface area (Å²) >= 11 is 0. The van der Waals surface area contributed by atoms with Gasteiger partial charge in [-0.1, -0.05) is 26.7 Å². The molecule has 1 aromatic rings. The molecule has 124 valence electrons. The summed E-state index contributed by atoms with van der Waals surface area (Å²) in [5.41, 5.74) is 0.675. The largest absolute Gasteiger partial charge is 0.497 e. The molecular formula is C18H30N2O2. The minimum atomic E-state index is -0.0198. The van der Waals surface area contributed by atoms with Crippen LogP contribution in [0.2, 0.25) is 0 Å². The number of methoxy groups -OCH3 is 1. The molecule has 0 fully saturated rings. The molecule has 0 aliphatic heterocycles. The number of nitrogens with zero attached hydrogens (tertiary/aromatic N) is 1. The van der Waals surface area contributed by atoms with E-state index in [1.165, 1.54) is 25.7 Å². The number of ether oxygens (including phenoxy) is 1. The van der Waals surface area contributed by atoms with Crippen LogP contribution in [-0.2, 0) is 0 Å². The highest BCUT2D eigenvalue weighted by Crippen LogP contribution is 2.11. The SMILES string of the molecule is CCCCN(CCCC)CCNC(=O)c1ccc(OC)cc1. The molecule has 0 spiro atoms. The van der Waals surface area contributed by atoms with Crippen molar-refractivity contribution in [1.29, 1.82) is 0 Å². The maximum atomic E-state index is 12.1. The minimum absolute atomic E-state index is 0.0198. The summed E-state index contributed by atoms with van der Waals surface area (Å²) < 4.78 is 5.10. The van der Waals surface area contributed by atoms with E-state index in [1.54, 1.807) is 19.2 Å². The van der Waals surface area contributed by atoms with Gasteiger partial charge in [-0.2, -0.15) is 0 Å². The van der Waals surface area contributed by atoms with E-state index in [4.69, 9.17) is 4.74 Å². The number of unbranched alkanes of at least 4 members (excludes halogenated alkanes) is 2. The van der Waals surface area contributed by atoms with E-state index in [1.807, 2.05) is 12.1 Å². The Hall–Kier alpha value is -1.55. The van der Waals surface area contributed by atoms with Gasteiger partial charge in [0, 0.05) is 18.7 Å². The number of hydrogen-bond donors (Lipinski definition) is 1. The quantitative estimate of drug-likeness (QED) is 0.682. The monoisotopic (exact) mass is 306 g/mol. The second-order valence-corrected chi connectivity index (χ2v) is 5.53. The Morgan fingerprint density at radius 2 is 1.64 bits per heavy atom. The molecule has 0 bridgehead atoms. The number of nitrogens with one attached hydrogen (secondary N) is 1. The van der Waals surface area contributed by atoms with Crippen LogP contribution in [0.1, 0.15) is 49.9 Å².